The summed E-state index contributed by atoms with van der Waals surface area (Å²) < 4.78 is 5.36. The third kappa shape index (κ3) is 3.89. The number of nitrogens with one attached hydrogen (secondary N) is 2. The Labute approximate surface area is 151 Å². The maximum atomic E-state index is 5.36. The van der Waals surface area contributed by atoms with E-state index in [-0.39, 0.29) is 0 Å². The van der Waals surface area contributed by atoms with Gasteiger partial charge in [-0.05, 0) is 24.3 Å². The third-order valence-corrected chi connectivity index (χ3v) is 3.84. The zero-order chi connectivity index (χ0) is 17.6. The first-order chi connectivity index (χ1) is 12.9. The molecule has 2 N–H and O–H groups in total. The van der Waals surface area contributed by atoms with Gasteiger partial charge < -0.3 is 15.1 Å². The Morgan fingerprint density at radius 2 is 1.58 bits per heavy atom. The second kappa shape index (κ2) is 7.53. The topological polar surface area (TPSA) is 63.0 Å². The predicted molar refractivity (Wildman–Crippen MR) is 103 cm³/mol. The average molecular weight is 342 g/mol. The van der Waals surface area contributed by atoms with Crippen molar-refractivity contribution >= 4 is 17.5 Å². The van der Waals surface area contributed by atoms with Gasteiger partial charge in [0.15, 0.2) is 0 Å². The highest BCUT2D eigenvalue weighted by Crippen LogP contribution is 2.23. The second-order valence-electron chi connectivity index (χ2n) is 5.75. The van der Waals surface area contributed by atoms with Gasteiger partial charge in [-0.3, -0.25) is 0 Å². The fourth-order valence-electron chi connectivity index (χ4n) is 2.60. The maximum Gasteiger partial charge on any atom is 0.225 e. The van der Waals surface area contributed by atoms with Crippen LogP contribution in [0.2, 0.25) is 0 Å². The molecule has 5 heteroatoms. The molecule has 0 aliphatic rings. The standard InChI is InChI=1S/C21H18N4O/c1-3-8-16(9-4-1)19-14-20(23-17-10-5-2-6-11-17)25-21(24-19)22-15-18-12-7-13-26-18/h1-14H,15H2,(H2,22,23,24,25). The molecule has 4 rings (SSSR count). The van der Waals surface area contributed by atoms with E-state index in [2.05, 4.69) is 20.6 Å². The number of aromatic nitrogens is 2. The number of hydrogen-bond acceptors (Lipinski definition) is 5. The molecule has 0 unspecified atom stereocenters. The molecule has 5 nitrogen and oxygen atoms in total. The highest BCUT2D eigenvalue weighted by Gasteiger charge is 2.08. The maximum absolute atomic E-state index is 5.36. The minimum Gasteiger partial charge on any atom is -0.467 e. The Morgan fingerprint density at radius 1 is 0.808 bits per heavy atom. The molecule has 0 fully saturated rings. The lowest BCUT2D eigenvalue weighted by atomic mass is 10.1. The zero-order valence-electron chi connectivity index (χ0n) is 14.1. The molecule has 0 aliphatic carbocycles. The van der Waals surface area contributed by atoms with Gasteiger partial charge in [0.1, 0.15) is 11.6 Å². The molecular formula is C21H18N4O. The Kier molecular flexibility index (Phi) is 4.60. The van der Waals surface area contributed by atoms with E-state index in [0.717, 1.165) is 28.5 Å². The predicted octanol–water partition coefficient (Wildman–Crippen LogP) is 5.09. The van der Waals surface area contributed by atoms with Gasteiger partial charge in [-0.25, -0.2) is 4.98 Å². The van der Waals surface area contributed by atoms with E-state index in [1.165, 1.54) is 0 Å². The Balaban J connectivity index is 1.64. The lowest BCUT2D eigenvalue weighted by Crippen LogP contribution is -2.06. The van der Waals surface area contributed by atoms with Gasteiger partial charge in [-0.1, -0.05) is 48.5 Å². The molecule has 128 valence electrons. The van der Waals surface area contributed by atoms with Gasteiger partial charge in [0.25, 0.3) is 0 Å². The van der Waals surface area contributed by atoms with Crippen LogP contribution in [-0.4, -0.2) is 9.97 Å². The van der Waals surface area contributed by atoms with Gasteiger partial charge in [0.2, 0.25) is 5.95 Å². The Hall–Kier alpha value is -3.60. The van der Waals surface area contributed by atoms with Crippen LogP contribution in [0, 0.1) is 0 Å². The Morgan fingerprint density at radius 3 is 2.31 bits per heavy atom. The van der Waals surface area contributed by atoms with E-state index in [1.54, 1.807) is 6.26 Å². The highest BCUT2D eigenvalue weighted by molar-refractivity contribution is 5.67. The van der Waals surface area contributed by atoms with Crippen LogP contribution in [0.25, 0.3) is 11.3 Å². The summed E-state index contributed by atoms with van der Waals surface area (Å²) in [5.74, 6) is 2.10. The monoisotopic (exact) mass is 342 g/mol. The van der Waals surface area contributed by atoms with Crippen molar-refractivity contribution in [3.8, 4) is 11.3 Å². The molecule has 0 aliphatic heterocycles. The van der Waals surface area contributed by atoms with Crippen LogP contribution in [0.5, 0.6) is 0 Å². The highest BCUT2D eigenvalue weighted by atomic mass is 16.3. The van der Waals surface area contributed by atoms with Crippen molar-refractivity contribution in [1.29, 1.82) is 0 Å². The van der Waals surface area contributed by atoms with E-state index in [1.807, 2.05) is 78.9 Å². The van der Waals surface area contributed by atoms with E-state index >= 15 is 0 Å². The van der Waals surface area contributed by atoms with Crippen LogP contribution in [0.4, 0.5) is 17.5 Å². The first-order valence-electron chi connectivity index (χ1n) is 8.40. The van der Waals surface area contributed by atoms with Crippen LogP contribution >= 0.6 is 0 Å². The van der Waals surface area contributed by atoms with Crippen molar-refractivity contribution in [2.45, 2.75) is 6.54 Å². The van der Waals surface area contributed by atoms with Crippen molar-refractivity contribution < 1.29 is 4.42 Å². The van der Waals surface area contributed by atoms with Gasteiger partial charge in [0, 0.05) is 17.3 Å². The second-order valence-corrected chi connectivity index (χ2v) is 5.75. The number of para-hydroxylation sites is 1. The van der Waals surface area contributed by atoms with Crippen molar-refractivity contribution in [3.63, 3.8) is 0 Å². The molecule has 0 atom stereocenters. The molecule has 2 aromatic heterocycles. The van der Waals surface area contributed by atoms with Crippen molar-refractivity contribution in [2.75, 3.05) is 10.6 Å². The van der Waals surface area contributed by atoms with Gasteiger partial charge >= 0.3 is 0 Å². The van der Waals surface area contributed by atoms with Gasteiger partial charge in [-0.15, -0.1) is 0 Å². The molecule has 0 bridgehead atoms. The fourth-order valence-corrected chi connectivity index (χ4v) is 2.60. The summed E-state index contributed by atoms with van der Waals surface area (Å²) in [7, 11) is 0. The molecule has 0 amide bonds. The summed E-state index contributed by atoms with van der Waals surface area (Å²) in [6.45, 7) is 0.524. The summed E-state index contributed by atoms with van der Waals surface area (Å²) >= 11 is 0. The largest absolute Gasteiger partial charge is 0.467 e. The number of benzene rings is 2. The SMILES string of the molecule is c1ccc(Nc2cc(-c3ccccc3)nc(NCc3ccco3)n2)cc1. The van der Waals surface area contributed by atoms with Crippen LogP contribution in [0.1, 0.15) is 5.76 Å². The number of nitrogens with zero attached hydrogens (tertiary/aromatic N) is 2. The molecule has 2 heterocycles. The number of anilines is 3. The van der Waals surface area contributed by atoms with Crippen LogP contribution in [0.15, 0.2) is 89.5 Å². The summed E-state index contributed by atoms with van der Waals surface area (Å²) in [6, 6.07) is 25.7. The van der Waals surface area contributed by atoms with Crippen molar-refractivity contribution in [2.24, 2.45) is 0 Å². The van der Waals surface area contributed by atoms with Crippen LogP contribution in [-0.2, 0) is 6.54 Å². The third-order valence-electron chi connectivity index (χ3n) is 3.84. The summed E-state index contributed by atoms with van der Waals surface area (Å²) in [6.07, 6.45) is 1.65. The normalized spacial score (nSPS) is 10.5. The van der Waals surface area contributed by atoms with Gasteiger partial charge in [-0.2, -0.15) is 4.98 Å². The van der Waals surface area contributed by atoms with E-state index in [0.29, 0.717) is 12.5 Å². The lowest BCUT2D eigenvalue weighted by Gasteiger charge is -2.11. The first-order valence-corrected chi connectivity index (χ1v) is 8.40. The van der Waals surface area contributed by atoms with Crippen LogP contribution in [0.3, 0.4) is 0 Å². The first kappa shape index (κ1) is 15.9. The smallest absolute Gasteiger partial charge is 0.225 e. The van der Waals surface area contributed by atoms with Crippen molar-refractivity contribution in [1.82, 2.24) is 9.97 Å². The molecule has 0 saturated heterocycles. The number of rotatable bonds is 6. The minimum atomic E-state index is 0.524. The molecule has 2 aromatic carbocycles. The molecule has 0 saturated carbocycles. The molecule has 26 heavy (non-hydrogen) atoms. The zero-order valence-corrected chi connectivity index (χ0v) is 14.1. The molecule has 0 radical (unpaired) electrons. The van der Waals surface area contributed by atoms with Crippen LogP contribution < -0.4 is 10.6 Å². The lowest BCUT2D eigenvalue weighted by molar-refractivity contribution is 0.517. The molecule has 0 spiro atoms. The minimum absolute atomic E-state index is 0.524. The summed E-state index contributed by atoms with van der Waals surface area (Å²) in [4.78, 5) is 9.22. The van der Waals surface area contributed by atoms with Crippen molar-refractivity contribution in [3.05, 3.63) is 90.9 Å². The average Bonchev–Trinajstić information content (AvgIpc) is 3.21. The van der Waals surface area contributed by atoms with E-state index in [9.17, 15) is 0 Å². The summed E-state index contributed by atoms with van der Waals surface area (Å²) in [5.41, 5.74) is 2.86. The Bertz CT molecular complexity index is 954. The molecular weight excluding hydrogens is 324 g/mol. The quantitative estimate of drug-likeness (QED) is 0.511. The molecule has 4 aromatic rings. The van der Waals surface area contributed by atoms with Gasteiger partial charge in [0.05, 0.1) is 18.5 Å². The fraction of sp³-hybridized carbons (Fsp3) is 0.0476. The summed E-state index contributed by atoms with van der Waals surface area (Å²) in [5, 5.41) is 6.56. The van der Waals surface area contributed by atoms with E-state index < -0.39 is 0 Å². The van der Waals surface area contributed by atoms with E-state index in [4.69, 9.17) is 4.42 Å². The number of hydrogen-bond donors (Lipinski definition) is 2. The number of furan rings is 1.